The molecule has 17 heteroatoms. The van der Waals surface area contributed by atoms with Gasteiger partial charge in [0.2, 0.25) is 11.8 Å². The van der Waals surface area contributed by atoms with E-state index in [-0.39, 0.29) is 11.8 Å². The number of nitrogens with one attached hydrogen (secondary N) is 2. The molecule has 4 rings (SSSR count). The Morgan fingerprint density at radius 3 is 2.26 bits per heavy atom. The van der Waals surface area contributed by atoms with Gasteiger partial charge in [0.1, 0.15) is 74.8 Å². The zero-order chi connectivity index (χ0) is 31.9. The molecule has 0 aliphatic carbocycles. The summed E-state index contributed by atoms with van der Waals surface area (Å²) in [5, 5.41) is 15.9. The second kappa shape index (κ2) is 12.3. The zero-order valence-electron chi connectivity index (χ0n) is 27.2. The number of phenolic OH excluding ortho intramolecular Hbond substituents is 1. The van der Waals surface area contributed by atoms with E-state index in [1.807, 2.05) is 71.2 Å². The molecule has 9 nitrogen and oxygen atoms in total. The van der Waals surface area contributed by atoms with E-state index in [2.05, 4.69) is 31.2 Å². The number of morpholine rings is 1. The van der Waals surface area contributed by atoms with Gasteiger partial charge in [0.25, 0.3) is 0 Å². The quantitative estimate of drug-likeness (QED) is 0.154. The minimum absolute atomic E-state index is 0.288. The van der Waals surface area contributed by atoms with Crippen molar-refractivity contribution in [3.05, 3.63) is 40.5 Å². The Bertz CT molecular complexity index is 1420. The molecule has 2 aliphatic heterocycles. The van der Waals surface area contributed by atoms with Crippen LogP contribution in [0, 0.1) is 0 Å². The second-order valence-electron chi connectivity index (χ2n) is 13.4. The molecule has 2 saturated heterocycles. The largest absolute Gasteiger partial charge is 0.508 e. The van der Waals surface area contributed by atoms with Crippen molar-refractivity contribution in [1.82, 2.24) is 15.1 Å². The highest BCUT2D eigenvalue weighted by molar-refractivity contribution is 6.66. The van der Waals surface area contributed by atoms with Crippen LogP contribution in [-0.2, 0) is 34.0 Å². The Morgan fingerprint density at radius 1 is 1.00 bits per heavy atom. The molecule has 2 aromatic carbocycles. The van der Waals surface area contributed by atoms with Crippen molar-refractivity contribution < 1.29 is 24.2 Å². The van der Waals surface area contributed by atoms with Gasteiger partial charge in [-0.1, -0.05) is 28.3 Å². The predicted molar refractivity (Wildman–Crippen MR) is 193 cm³/mol. The summed E-state index contributed by atoms with van der Waals surface area (Å²) in [7, 11) is 17.5. The summed E-state index contributed by atoms with van der Waals surface area (Å²) in [6.45, 7) is 4.53. The molecule has 0 bridgehead atoms. The van der Waals surface area contributed by atoms with Gasteiger partial charge in [0.05, 0.1) is 18.7 Å². The number of ether oxygens (including phenoxy) is 1. The Labute approximate surface area is 262 Å². The van der Waals surface area contributed by atoms with Crippen molar-refractivity contribution in [1.29, 1.82) is 0 Å². The Morgan fingerprint density at radius 2 is 1.63 bits per heavy atom. The highest BCUT2D eigenvalue weighted by Crippen LogP contribution is 2.53. The van der Waals surface area contributed by atoms with Crippen LogP contribution < -0.4 is 27.0 Å². The van der Waals surface area contributed by atoms with E-state index in [9.17, 15) is 19.5 Å². The topological polar surface area (TPSA) is 111 Å². The first-order valence-electron chi connectivity index (χ1n) is 15.1. The van der Waals surface area contributed by atoms with Gasteiger partial charge in [-0.25, -0.2) is 0 Å². The maximum atomic E-state index is 13.4. The summed E-state index contributed by atoms with van der Waals surface area (Å²) in [6, 6.07) is 5.54. The third-order valence-corrected chi connectivity index (χ3v) is 11.0. The van der Waals surface area contributed by atoms with Gasteiger partial charge in [-0.3, -0.25) is 29.5 Å². The lowest BCUT2D eigenvalue weighted by Crippen LogP contribution is -2.74. The number of amides is 2. The van der Waals surface area contributed by atoms with Gasteiger partial charge in [0.15, 0.2) is 0 Å². The average Bonchev–Trinajstić information content (AvgIpc) is 2.97. The lowest BCUT2D eigenvalue weighted by molar-refractivity contribution is -0.141. The first-order chi connectivity index (χ1) is 20.1. The standard InChI is InChI=1S/C26H40B8N4O5/c1-37(25(32)23(42)36-22(41)24(30,31)26(25,33)34)10-15-13(12-39)3-2-4-17(15)35-9-14-18(27)19(28)16(21(40)20(14)29)11-38-5-7-43-8-6-38/h2-4,12,35,40H,5-11,27-34H2,1H3,(H,36,41,42). The van der Waals surface area contributed by atoms with Crippen molar-refractivity contribution in [2.75, 3.05) is 38.7 Å². The van der Waals surface area contributed by atoms with Crippen LogP contribution in [0.25, 0.3) is 0 Å². The van der Waals surface area contributed by atoms with Crippen molar-refractivity contribution in [2.24, 2.45) is 0 Å². The van der Waals surface area contributed by atoms with Crippen molar-refractivity contribution in [3.63, 3.8) is 0 Å². The summed E-state index contributed by atoms with van der Waals surface area (Å²) < 4.78 is 5.49. The molecular formula is C26H40B8N4O5. The minimum Gasteiger partial charge on any atom is -0.508 e. The summed E-state index contributed by atoms with van der Waals surface area (Å²) in [5.41, 5.74) is 6.02. The number of imide groups is 1. The van der Waals surface area contributed by atoms with Crippen LogP contribution in [0.4, 0.5) is 5.69 Å². The number of anilines is 1. The third-order valence-electron chi connectivity index (χ3n) is 11.0. The van der Waals surface area contributed by atoms with Gasteiger partial charge < -0.3 is 15.2 Å². The molecule has 0 aromatic heterocycles. The number of likely N-dealkylation sites (N-methyl/N-ethyl adjacent to an activating group) is 1. The molecule has 2 aromatic rings. The fourth-order valence-corrected chi connectivity index (χ4v) is 6.57. The Kier molecular flexibility index (Phi) is 9.50. The monoisotopic (exact) mass is 576 g/mol. The average molecular weight is 575 g/mol. The van der Waals surface area contributed by atoms with Crippen LogP contribution in [0.2, 0.25) is 10.4 Å². The van der Waals surface area contributed by atoms with Crippen molar-refractivity contribution in [3.8, 4) is 5.75 Å². The number of carbonyl (C=O) groups is 3. The number of phenols is 1. The molecule has 2 fully saturated rings. The maximum absolute atomic E-state index is 13.4. The van der Waals surface area contributed by atoms with E-state index in [4.69, 9.17) is 4.74 Å². The number of benzene rings is 2. The van der Waals surface area contributed by atoms with Gasteiger partial charge in [0, 0.05) is 49.5 Å². The van der Waals surface area contributed by atoms with Gasteiger partial charge in [-0.15, -0.1) is 0 Å². The van der Waals surface area contributed by atoms with E-state index in [1.165, 1.54) is 0 Å². The maximum Gasteiger partial charge on any atom is 0.237 e. The highest BCUT2D eigenvalue weighted by atomic mass is 16.5. The molecule has 0 saturated carbocycles. The number of nitrogens with zero attached hydrogens (tertiary/aromatic N) is 2. The van der Waals surface area contributed by atoms with Crippen LogP contribution in [-0.4, -0.2) is 135 Å². The van der Waals surface area contributed by atoms with E-state index in [0.717, 1.165) is 58.1 Å². The number of hydrogen-bond donors (Lipinski definition) is 3. The minimum atomic E-state index is -1.04. The number of aldehydes is 1. The number of piperidine rings is 1. The van der Waals surface area contributed by atoms with E-state index in [0.29, 0.717) is 44.2 Å². The van der Waals surface area contributed by atoms with Gasteiger partial charge in [-0.2, -0.15) is 0 Å². The molecule has 2 aliphatic rings. The Balaban J connectivity index is 1.64. The lowest BCUT2D eigenvalue weighted by Gasteiger charge is -2.59. The summed E-state index contributed by atoms with van der Waals surface area (Å²) in [6.07, 6.45) is 0.836. The molecule has 0 spiro atoms. The van der Waals surface area contributed by atoms with E-state index >= 15 is 0 Å². The molecule has 218 valence electrons. The summed E-state index contributed by atoms with van der Waals surface area (Å²) >= 11 is 0. The van der Waals surface area contributed by atoms with Crippen LogP contribution in [0.1, 0.15) is 27.0 Å². The predicted octanol–water partition coefficient (Wildman–Crippen LogP) is -8.39. The normalized spacial score (nSPS) is 21.8. The number of rotatable bonds is 9. The van der Waals surface area contributed by atoms with Crippen LogP contribution in [0.3, 0.4) is 0 Å². The number of aromatic hydroxyl groups is 1. The highest BCUT2D eigenvalue weighted by Gasteiger charge is 2.62. The number of hydrogen-bond acceptors (Lipinski definition) is 8. The van der Waals surface area contributed by atoms with E-state index in [1.54, 1.807) is 6.07 Å². The first kappa shape index (κ1) is 33.1. The fraction of sp³-hybridized carbons (Fsp3) is 0.423. The molecule has 43 heavy (non-hydrogen) atoms. The molecule has 1 unspecified atom stereocenters. The van der Waals surface area contributed by atoms with Crippen molar-refractivity contribution in [2.45, 2.75) is 35.5 Å². The third kappa shape index (κ3) is 5.64. The van der Waals surface area contributed by atoms with Gasteiger partial charge in [-0.05, 0) is 34.9 Å². The van der Waals surface area contributed by atoms with Crippen LogP contribution in [0.5, 0.6) is 5.75 Å². The SMILES string of the molecule is Bc1c(B)c(CN2CCOCC2)c(O)c(B)c1CNc1cccc(C=O)c1CN(C)C1(B)C(=O)NC(=O)C(B)(B)C1(B)B. The van der Waals surface area contributed by atoms with Crippen LogP contribution in [0.15, 0.2) is 18.2 Å². The molecule has 0 radical (unpaired) electrons. The summed E-state index contributed by atoms with van der Waals surface area (Å²) in [4.78, 5) is 42.6. The molecule has 2 amide bonds. The first-order valence-corrected chi connectivity index (χ1v) is 15.1. The molecule has 1 atom stereocenters. The lowest BCUT2D eigenvalue weighted by atomic mass is 9.21. The molecule has 3 N–H and O–H groups in total. The Hall–Kier alpha value is -2.75. The molecular weight excluding hydrogens is 535 g/mol. The molecule has 2 heterocycles. The smallest absolute Gasteiger partial charge is 0.237 e. The van der Waals surface area contributed by atoms with E-state index < -0.39 is 15.9 Å². The van der Waals surface area contributed by atoms with Crippen LogP contribution >= 0.6 is 0 Å². The van der Waals surface area contributed by atoms with Crippen molar-refractivity contribution >= 4 is 103 Å². The number of carbonyl (C=O) groups excluding carboxylic acids is 3. The fourth-order valence-electron chi connectivity index (χ4n) is 6.57. The second-order valence-corrected chi connectivity index (χ2v) is 13.4. The van der Waals surface area contributed by atoms with Gasteiger partial charge >= 0.3 is 0 Å². The summed E-state index contributed by atoms with van der Waals surface area (Å²) in [5.74, 6) is -0.315. The zero-order valence-corrected chi connectivity index (χ0v) is 27.2.